The van der Waals surface area contributed by atoms with Crippen LogP contribution in [0.5, 0.6) is 0 Å². The topological polar surface area (TPSA) is 63.3 Å². The molecule has 1 aliphatic rings. The third-order valence-corrected chi connectivity index (χ3v) is 3.87. The Morgan fingerprint density at radius 3 is 2.80 bits per heavy atom. The van der Waals surface area contributed by atoms with E-state index in [9.17, 15) is 0 Å². The SMILES string of the molecule is Cc1cc(C(=NC2CCCC2)NN)c2ccccc2n1. The van der Waals surface area contributed by atoms with Crippen molar-refractivity contribution in [3.05, 3.63) is 41.6 Å². The van der Waals surface area contributed by atoms with Gasteiger partial charge in [0, 0.05) is 16.6 Å². The van der Waals surface area contributed by atoms with Crippen molar-refractivity contribution in [2.24, 2.45) is 10.8 Å². The molecule has 1 aliphatic carbocycles. The van der Waals surface area contributed by atoms with E-state index in [4.69, 9.17) is 10.8 Å². The molecule has 0 spiro atoms. The number of nitrogens with two attached hydrogens (primary N) is 1. The molecule has 0 amide bonds. The normalized spacial score (nSPS) is 16.8. The predicted molar refractivity (Wildman–Crippen MR) is 82.6 cm³/mol. The largest absolute Gasteiger partial charge is 0.308 e. The molecule has 0 atom stereocenters. The minimum absolute atomic E-state index is 0.397. The Kier molecular flexibility index (Phi) is 3.65. The summed E-state index contributed by atoms with van der Waals surface area (Å²) >= 11 is 0. The number of pyridine rings is 1. The van der Waals surface area contributed by atoms with Gasteiger partial charge in [0.15, 0.2) is 0 Å². The average Bonchev–Trinajstić information content (AvgIpc) is 2.97. The zero-order valence-corrected chi connectivity index (χ0v) is 11.8. The molecule has 4 nitrogen and oxygen atoms in total. The van der Waals surface area contributed by atoms with Crippen molar-refractivity contribution in [1.29, 1.82) is 0 Å². The number of aromatic nitrogens is 1. The van der Waals surface area contributed by atoms with Crippen LogP contribution in [0.1, 0.15) is 36.9 Å². The number of hydrogen-bond donors (Lipinski definition) is 2. The molecule has 0 radical (unpaired) electrons. The summed E-state index contributed by atoms with van der Waals surface area (Å²) in [6.07, 6.45) is 4.85. The molecule has 2 aromatic rings. The molecule has 1 saturated carbocycles. The Morgan fingerprint density at radius 1 is 1.30 bits per heavy atom. The van der Waals surface area contributed by atoms with E-state index in [2.05, 4.69) is 22.5 Å². The summed E-state index contributed by atoms with van der Waals surface area (Å²) in [4.78, 5) is 9.37. The lowest BCUT2D eigenvalue weighted by atomic mass is 10.1. The molecule has 104 valence electrons. The van der Waals surface area contributed by atoms with Crippen molar-refractivity contribution in [1.82, 2.24) is 10.4 Å². The minimum Gasteiger partial charge on any atom is -0.308 e. The van der Waals surface area contributed by atoms with E-state index in [-0.39, 0.29) is 0 Å². The van der Waals surface area contributed by atoms with Gasteiger partial charge in [0.05, 0.1) is 11.6 Å². The lowest BCUT2D eigenvalue weighted by molar-refractivity contribution is 0.701. The van der Waals surface area contributed by atoms with Crippen LogP contribution in [0, 0.1) is 6.92 Å². The number of nitrogens with one attached hydrogen (secondary N) is 1. The number of nitrogens with zero attached hydrogens (tertiary/aromatic N) is 2. The van der Waals surface area contributed by atoms with Gasteiger partial charge in [0.2, 0.25) is 0 Å². The molecule has 1 heterocycles. The van der Waals surface area contributed by atoms with E-state index in [0.29, 0.717) is 6.04 Å². The van der Waals surface area contributed by atoms with Crippen molar-refractivity contribution in [2.75, 3.05) is 0 Å². The van der Waals surface area contributed by atoms with Crippen molar-refractivity contribution in [3.8, 4) is 0 Å². The van der Waals surface area contributed by atoms with Crippen molar-refractivity contribution in [2.45, 2.75) is 38.6 Å². The summed E-state index contributed by atoms with van der Waals surface area (Å²) in [5, 5.41) is 1.09. The molecule has 0 bridgehead atoms. The highest BCUT2D eigenvalue weighted by Gasteiger charge is 2.16. The van der Waals surface area contributed by atoms with Crippen LogP contribution >= 0.6 is 0 Å². The Morgan fingerprint density at radius 2 is 2.05 bits per heavy atom. The van der Waals surface area contributed by atoms with Gasteiger partial charge in [-0.25, -0.2) is 5.84 Å². The van der Waals surface area contributed by atoms with E-state index in [1.807, 2.05) is 25.1 Å². The van der Waals surface area contributed by atoms with Gasteiger partial charge in [-0.2, -0.15) is 0 Å². The molecule has 20 heavy (non-hydrogen) atoms. The zero-order valence-electron chi connectivity index (χ0n) is 11.8. The molecule has 1 aromatic heterocycles. The molecule has 3 rings (SSSR count). The van der Waals surface area contributed by atoms with Gasteiger partial charge in [-0.3, -0.25) is 9.98 Å². The van der Waals surface area contributed by atoms with E-state index in [0.717, 1.165) is 40.8 Å². The Balaban J connectivity index is 2.11. The molecule has 0 unspecified atom stereocenters. The van der Waals surface area contributed by atoms with Crippen LogP contribution in [0.25, 0.3) is 10.9 Å². The molecule has 4 heteroatoms. The number of hydrazine groups is 1. The Hall–Kier alpha value is -1.94. The predicted octanol–water partition coefficient (Wildman–Crippen LogP) is 2.70. The van der Waals surface area contributed by atoms with Gasteiger partial charge in [0.1, 0.15) is 5.84 Å². The van der Waals surface area contributed by atoms with E-state index >= 15 is 0 Å². The summed E-state index contributed by atoms with van der Waals surface area (Å²) in [5.41, 5.74) is 5.79. The highest BCUT2D eigenvalue weighted by molar-refractivity contribution is 6.08. The fourth-order valence-corrected chi connectivity index (χ4v) is 2.90. The van der Waals surface area contributed by atoms with Gasteiger partial charge in [-0.05, 0) is 31.9 Å². The second-order valence-electron chi connectivity index (χ2n) is 5.39. The van der Waals surface area contributed by atoms with Gasteiger partial charge >= 0.3 is 0 Å². The van der Waals surface area contributed by atoms with E-state index in [1.54, 1.807) is 0 Å². The van der Waals surface area contributed by atoms with Crippen LogP contribution in [0.4, 0.5) is 0 Å². The van der Waals surface area contributed by atoms with Crippen LogP contribution in [-0.4, -0.2) is 16.9 Å². The first-order valence-electron chi connectivity index (χ1n) is 7.19. The molecule has 1 fully saturated rings. The third kappa shape index (κ3) is 2.51. The van der Waals surface area contributed by atoms with Crippen LogP contribution in [-0.2, 0) is 0 Å². The molecular formula is C16H20N4. The first-order chi connectivity index (χ1) is 9.78. The number of fused-ring (bicyclic) bond motifs is 1. The summed E-state index contributed by atoms with van der Waals surface area (Å²) in [6.45, 7) is 2.00. The first kappa shape index (κ1) is 13.1. The van der Waals surface area contributed by atoms with Gasteiger partial charge in [-0.1, -0.05) is 31.0 Å². The standard InChI is InChI=1S/C16H20N4/c1-11-10-14(13-8-4-5-9-15(13)18-11)16(20-17)19-12-6-2-3-7-12/h4-5,8-10,12H,2-3,6-7,17H2,1H3,(H,19,20). The maximum Gasteiger partial charge on any atom is 0.143 e. The number of aliphatic imine (C=N–C) groups is 1. The summed E-state index contributed by atoms with van der Waals surface area (Å²) in [6, 6.07) is 10.6. The summed E-state index contributed by atoms with van der Waals surface area (Å²) < 4.78 is 0. The number of hydrogen-bond acceptors (Lipinski definition) is 3. The molecule has 1 aromatic carbocycles. The van der Waals surface area contributed by atoms with E-state index in [1.165, 1.54) is 12.8 Å². The van der Waals surface area contributed by atoms with Crippen molar-refractivity contribution in [3.63, 3.8) is 0 Å². The number of rotatable bonds is 2. The van der Waals surface area contributed by atoms with Crippen LogP contribution in [0.2, 0.25) is 0 Å². The van der Waals surface area contributed by atoms with Gasteiger partial charge in [0.25, 0.3) is 0 Å². The number of amidine groups is 1. The summed E-state index contributed by atoms with van der Waals surface area (Å²) in [5.74, 6) is 6.50. The third-order valence-electron chi connectivity index (χ3n) is 3.87. The lowest BCUT2D eigenvalue weighted by Crippen LogP contribution is -2.32. The highest BCUT2D eigenvalue weighted by Crippen LogP contribution is 2.23. The zero-order chi connectivity index (χ0) is 13.9. The van der Waals surface area contributed by atoms with Crippen molar-refractivity contribution < 1.29 is 0 Å². The molecule has 3 N–H and O–H groups in total. The number of aryl methyl sites for hydroxylation is 1. The molecule has 0 saturated heterocycles. The Labute approximate surface area is 119 Å². The van der Waals surface area contributed by atoms with E-state index < -0.39 is 0 Å². The van der Waals surface area contributed by atoms with Gasteiger partial charge < -0.3 is 5.43 Å². The number of benzene rings is 1. The second-order valence-corrected chi connectivity index (χ2v) is 5.39. The number of para-hydroxylation sites is 1. The fraction of sp³-hybridized carbons (Fsp3) is 0.375. The second kappa shape index (κ2) is 5.59. The maximum absolute atomic E-state index is 5.72. The lowest BCUT2D eigenvalue weighted by Gasteiger charge is -2.12. The average molecular weight is 268 g/mol. The molecular weight excluding hydrogens is 248 g/mol. The van der Waals surface area contributed by atoms with Crippen LogP contribution < -0.4 is 11.3 Å². The molecule has 0 aliphatic heterocycles. The quantitative estimate of drug-likeness (QED) is 0.381. The fourth-order valence-electron chi connectivity index (χ4n) is 2.90. The van der Waals surface area contributed by atoms with Crippen LogP contribution in [0.3, 0.4) is 0 Å². The summed E-state index contributed by atoms with van der Waals surface area (Å²) in [7, 11) is 0. The van der Waals surface area contributed by atoms with Gasteiger partial charge in [-0.15, -0.1) is 0 Å². The van der Waals surface area contributed by atoms with Crippen LogP contribution in [0.15, 0.2) is 35.3 Å². The minimum atomic E-state index is 0.397. The smallest absolute Gasteiger partial charge is 0.143 e. The Bertz CT molecular complexity index is 642. The maximum atomic E-state index is 5.72. The monoisotopic (exact) mass is 268 g/mol. The first-order valence-corrected chi connectivity index (χ1v) is 7.19. The highest BCUT2D eigenvalue weighted by atomic mass is 15.3. The van der Waals surface area contributed by atoms with Crippen molar-refractivity contribution >= 4 is 16.7 Å².